The number of likely N-dealkylation sites (tertiary alicyclic amines) is 1. The average Bonchev–Trinajstić information content (AvgIpc) is 3.17. The molecule has 4 rings (SSSR count). The van der Waals surface area contributed by atoms with Crippen molar-refractivity contribution in [3.8, 4) is 11.5 Å². The number of hydrogen-bond donors (Lipinski definition) is 1. The van der Waals surface area contributed by atoms with Gasteiger partial charge in [-0.3, -0.25) is 9.59 Å². The molecule has 2 aliphatic rings. The van der Waals surface area contributed by atoms with E-state index in [0.717, 1.165) is 29.9 Å². The highest BCUT2D eigenvalue weighted by Gasteiger charge is 2.31. The van der Waals surface area contributed by atoms with Crippen LogP contribution in [0.4, 0.5) is 0 Å². The van der Waals surface area contributed by atoms with Gasteiger partial charge in [0.25, 0.3) is 5.91 Å². The lowest BCUT2D eigenvalue weighted by Gasteiger charge is -2.27. The molecule has 0 unspecified atom stereocenters. The number of benzene rings is 2. The Bertz CT molecular complexity index is 847. The van der Waals surface area contributed by atoms with Gasteiger partial charge in [0.05, 0.1) is 6.04 Å². The molecular weight excluding hydrogens is 332 g/mol. The fraction of sp³-hybridized carbons (Fsp3) is 0.300. The van der Waals surface area contributed by atoms with E-state index in [1.54, 1.807) is 24.3 Å². The highest BCUT2D eigenvalue weighted by atomic mass is 16.6. The fourth-order valence-electron chi connectivity index (χ4n) is 3.57. The maximum Gasteiger partial charge on any atom is 0.254 e. The van der Waals surface area contributed by atoms with E-state index in [0.29, 0.717) is 30.9 Å². The van der Waals surface area contributed by atoms with E-state index < -0.39 is 5.91 Å². The second-order valence-electron chi connectivity index (χ2n) is 6.50. The molecule has 0 spiro atoms. The number of nitrogens with zero attached hydrogens (tertiary/aromatic N) is 1. The van der Waals surface area contributed by atoms with Crippen molar-refractivity contribution >= 4 is 11.8 Å². The summed E-state index contributed by atoms with van der Waals surface area (Å²) < 4.78 is 11.2. The first-order valence-corrected chi connectivity index (χ1v) is 8.74. The second kappa shape index (κ2) is 6.71. The Morgan fingerprint density at radius 3 is 2.38 bits per heavy atom. The van der Waals surface area contributed by atoms with Crippen molar-refractivity contribution in [3.05, 3.63) is 59.2 Å². The van der Waals surface area contributed by atoms with Crippen LogP contribution in [0.2, 0.25) is 0 Å². The molecule has 0 saturated carbocycles. The highest BCUT2D eigenvalue weighted by molar-refractivity contribution is 5.97. The summed E-state index contributed by atoms with van der Waals surface area (Å²) in [5.74, 6) is 0.939. The Kier molecular flexibility index (Phi) is 4.24. The zero-order chi connectivity index (χ0) is 18.1. The van der Waals surface area contributed by atoms with Crippen molar-refractivity contribution in [2.24, 2.45) is 5.73 Å². The summed E-state index contributed by atoms with van der Waals surface area (Å²) in [7, 11) is 0. The van der Waals surface area contributed by atoms with Crippen molar-refractivity contribution in [2.45, 2.75) is 18.9 Å². The van der Waals surface area contributed by atoms with Crippen LogP contribution in [-0.2, 0) is 0 Å². The highest BCUT2D eigenvalue weighted by Crippen LogP contribution is 2.38. The Balaban J connectivity index is 1.58. The van der Waals surface area contributed by atoms with E-state index in [2.05, 4.69) is 0 Å². The quantitative estimate of drug-likeness (QED) is 0.920. The monoisotopic (exact) mass is 352 g/mol. The molecule has 2 aromatic rings. The lowest BCUT2D eigenvalue weighted by molar-refractivity contribution is 0.0734. The van der Waals surface area contributed by atoms with Gasteiger partial charge < -0.3 is 20.1 Å². The minimum atomic E-state index is -0.501. The van der Waals surface area contributed by atoms with Gasteiger partial charge in [-0.2, -0.15) is 0 Å². The van der Waals surface area contributed by atoms with Crippen molar-refractivity contribution in [1.82, 2.24) is 4.90 Å². The van der Waals surface area contributed by atoms with Crippen molar-refractivity contribution < 1.29 is 19.1 Å². The molecule has 2 aromatic carbocycles. The molecule has 1 saturated heterocycles. The molecule has 6 nitrogen and oxygen atoms in total. The number of fused-ring (bicyclic) bond motifs is 1. The van der Waals surface area contributed by atoms with Crippen LogP contribution in [0.15, 0.2) is 42.5 Å². The predicted molar refractivity (Wildman–Crippen MR) is 95.4 cm³/mol. The SMILES string of the molecule is NC(=O)c1ccc(C(=O)N2CCC[C@H]2c2ccc3c(c2)OCCO3)cc1. The van der Waals surface area contributed by atoms with Crippen LogP contribution in [0.25, 0.3) is 0 Å². The van der Waals surface area contributed by atoms with Crippen molar-refractivity contribution in [1.29, 1.82) is 0 Å². The van der Waals surface area contributed by atoms with Crippen LogP contribution in [0.5, 0.6) is 11.5 Å². The van der Waals surface area contributed by atoms with Crippen LogP contribution in [0.3, 0.4) is 0 Å². The molecule has 26 heavy (non-hydrogen) atoms. The van der Waals surface area contributed by atoms with Gasteiger partial charge in [-0.1, -0.05) is 6.07 Å². The summed E-state index contributed by atoms with van der Waals surface area (Å²) in [4.78, 5) is 26.0. The van der Waals surface area contributed by atoms with Gasteiger partial charge in [-0.25, -0.2) is 0 Å². The first-order valence-electron chi connectivity index (χ1n) is 8.74. The molecule has 134 valence electrons. The van der Waals surface area contributed by atoms with Gasteiger partial charge in [-0.15, -0.1) is 0 Å². The van der Waals surface area contributed by atoms with E-state index in [-0.39, 0.29) is 11.9 Å². The van der Waals surface area contributed by atoms with E-state index >= 15 is 0 Å². The number of ether oxygens (including phenoxy) is 2. The standard InChI is InChI=1S/C20H20N2O4/c21-19(23)13-3-5-14(6-4-13)20(24)22-9-1-2-16(22)15-7-8-17-18(12-15)26-11-10-25-17/h3-8,12,16H,1-2,9-11H2,(H2,21,23)/t16-/m0/s1. The van der Waals surface area contributed by atoms with Gasteiger partial charge in [0.15, 0.2) is 11.5 Å². The number of primary amides is 1. The van der Waals surface area contributed by atoms with Crippen LogP contribution in [-0.4, -0.2) is 36.5 Å². The Morgan fingerprint density at radius 2 is 1.65 bits per heavy atom. The summed E-state index contributed by atoms with van der Waals surface area (Å²) >= 11 is 0. The Labute approximate surface area is 151 Å². The molecule has 1 fully saturated rings. The molecular formula is C20H20N2O4. The van der Waals surface area contributed by atoms with Gasteiger partial charge >= 0.3 is 0 Å². The summed E-state index contributed by atoms with van der Waals surface area (Å²) in [6.07, 6.45) is 1.86. The molecule has 1 atom stereocenters. The van der Waals surface area contributed by atoms with Crippen LogP contribution >= 0.6 is 0 Å². The molecule has 6 heteroatoms. The van der Waals surface area contributed by atoms with E-state index in [1.165, 1.54) is 0 Å². The zero-order valence-corrected chi connectivity index (χ0v) is 14.3. The molecule has 0 aromatic heterocycles. The van der Waals surface area contributed by atoms with E-state index in [9.17, 15) is 9.59 Å². The summed E-state index contributed by atoms with van der Waals surface area (Å²) in [6.45, 7) is 1.80. The minimum absolute atomic E-state index is 0.00847. The third-order valence-corrected chi connectivity index (χ3v) is 4.88. The van der Waals surface area contributed by atoms with Crippen molar-refractivity contribution in [3.63, 3.8) is 0 Å². The minimum Gasteiger partial charge on any atom is -0.486 e. The van der Waals surface area contributed by atoms with Gasteiger partial charge in [0.2, 0.25) is 5.91 Å². The third kappa shape index (κ3) is 2.98. The van der Waals surface area contributed by atoms with Gasteiger partial charge in [0, 0.05) is 17.7 Å². The Hall–Kier alpha value is -3.02. The van der Waals surface area contributed by atoms with Crippen LogP contribution < -0.4 is 15.2 Å². The lowest BCUT2D eigenvalue weighted by atomic mass is 10.0. The molecule has 2 N–H and O–H groups in total. The number of rotatable bonds is 3. The third-order valence-electron chi connectivity index (χ3n) is 4.88. The maximum atomic E-state index is 13.0. The zero-order valence-electron chi connectivity index (χ0n) is 14.3. The van der Waals surface area contributed by atoms with E-state index in [4.69, 9.17) is 15.2 Å². The molecule has 0 radical (unpaired) electrons. The first-order chi connectivity index (χ1) is 12.6. The number of amides is 2. The number of hydrogen-bond acceptors (Lipinski definition) is 4. The molecule has 0 aliphatic carbocycles. The normalized spacial score (nSPS) is 18.6. The Morgan fingerprint density at radius 1 is 0.962 bits per heavy atom. The predicted octanol–water partition coefficient (Wildman–Crippen LogP) is 2.53. The summed E-state index contributed by atoms with van der Waals surface area (Å²) in [6, 6.07) is 12.4. The maximum absolute atomic E-state index is 13.0. The molecule has 2 amide bonds. The topological polar surface area (TPSA) is 81.9 Å². The average molecular weight is 352 g/mol. The van der Waals surface area contributed by atoms with Crippen LogP contribution in [0, 0.1) is 0 Å². The fourth-order valence-corrected chi connectivity index (χ4v) is 3.57. The smallest absolute Gasteiger partial charge is 0.254 e. The first kappa shape index (κ1) is 16.4. The number of carbonyl (C=O) groups excluding carboxylic acids is 2. The summed E-state index contributed by atoms with van der Waals surface area (Å²) in [5, 5.41) is 0. The molecule has 0 bridgehead atoms. The van der Waals surface area contributed by atoms with E-state index in [1.807, 2.05) is 23.1 Å². The molecule has 2 aliphatic heterocycles. The number of carbonyl (C=O) groups is 2. The van der Waals surface area contributed by atoms with Crippen molar-refractivity contribution in [2.75, 3.05) is 19.8 Å². The van der Waals surface area contributed by atoms with Gasteiger partial charge in [-0.05, 0) is 54.8 Å². The van der Waals surface area contributed by atoms with Crippen LogP contribution in [0.1, 0.15) is 45.2 Å². The van der Waals surface area contributed by atoms with Gasteiger partial charge in [0.1, 0.15) is 13.2 Å². The second-order valence-corrected chi connectivity index (χ2v) is 6.50. The largest absolute Gasteiger partial charge is 0.486 e. The lowest BCUT2D eigenvalue weighted by Crippen LogP contribution is -2.30. The summed E-state index contributed by atoms with van der Waals surface area (Å²) in [5.41, 5.74) is 7.26. The molecule has 2 heterocycles. The number of nitrogens with two attached hydrogens (primary N) is 1.